The van der Waals surface area contributed by atoms with E-state index >= 15 is 0 Å². The van der Waals surface area contributed by atoms with Crippen LogP contribution in [0.5, 0.6) is 0 Å². The number of anilines is 1. The van der Waals surface area contributed by atoms with Crippen molar-refractivity contribution in [3.63, 3.8) is 0 Å². The zero-order valence-corrected chi connectivity index (χ0v) is 13.7. The van der Waals surface area contributed by atoms with Crippen molar-refractivity contribution < 1.29 is 8.42 Å². The van der Waals surface area contributed by atoms with Crippen molar-refractivity contribution in [3.8, 4) is 0 Å². The van der Waals surface area contributed by atoms with Gasteiger partial charge in [0.2, 0.25) is 10.0 Å². The third kappa shape index (κ3) is 5.51. The summed E-state index contributed by atoms with van der Waals surface area (Å²) in [7, 11) is -3.29. The zero-order chi connectivity index (χ0) is 15.2. The van der Waals surface area contributed by atoms with Gasteiger partial charge in [0.05, 0.1) is 11.4 Å². The Morgan fingerprint density at radius 2 is 1.80 bits per heavy atom. The lowest BCUT2D eigenvalue weighted by Gasteiger charge is -2.23. The van der Waals surface area contributed by atoms with Crippen LogP contribution in [-0.4, -0.2) is 27.3 Å². The molecule has 0 saturated carbocycles. The van der Waals surface area contributed by atoms with Crippen LogP contribution in [0.1, 0.15) is 39.7 Å². The molecule has 0 aromatic heterocycles. The minimum atomic E-state index is -3.29. The summed E-state index contributed by atoms with van der Waals surface area (Å²) in [6.07, 6.45) is 0.612. The molecule has 0 aliphatic carbocycles. The molecular weight excluding hydrogens is 272 g/mol. The van der Waals surface area contributed by atoms with Gasteiger partial charge < -0.3 is 5.32 Å². The minimum absolute atomic E-state index is 0.0944. The van der Waals surface area contributed by atoms with Crippen molar-refractivity contribution in [2.45, 2.75) is 39.5 Å². The SMILES string of the molecule is CCNCCCS(=O)(=O)Nc1ccccc1C(C)(C)C. The second-order valence-corrected chi connectivity index (χ2v) is 7.77. The fourth-order valence-electron chi connectivity index (χ4n) is 2.01. The van der Waals surface area contributed by atoms with Crippen LogP contribution in [-0.2, 0) is 15.4 Å². The Morgan fingerprint density at radius 3 is 2.40 bits per heavy atom. The standard InChI is InChI=1S/C15H26N2O2S/c1-5-16-11-8-12-20(18,19)17-14-10-7-6-9-13(14)15(2,3)4/h6-7,9-10,16-17H,5,8,11-12H2,1-4H3. The minimum Gasteiger partial charge on any atom is -0.317 e. The average molecular weight is 298 g/mol. The van der Waals surface area contributed by atoms with Crippen LogP contribution in [0, 0.1) is 0 Å². The van der Waals surface area contributed by atoms with Gasteiger partial charge in [-0.2, -0.15) is 0 Å². The first-order valence-corrected chi connectivity index (χ1v) is 8.72. The van der Waals surface area contributed by atoms with Gasteiger partial charge in [0.1, 0.15) is 0 Å². The van der Waals surface area contributed by atoms with Crippen LogP contribution < -0.4 is 10.0 Å². The second kappa shape index (κ2) is 7.09. The summed E-state index contributed by atoms with van der Waals surface area (Å²) in [5.74, 6) is 0.137. The van der Waals surface area contributed by atoms with Crippen LogP contribution in [0.25, 0.3) is 0 Å². The highest BCUT2D eigenvalue weighted by molar-refractivity contribution is 7.92. The first kappa shape index (κ1) is 17.0. The van der Waals surface area contributed by atoms with Crippen molar-refractivity contribution in [1.82, 2.24) is 5.32 Å². The van der Waals surface area contributed by atoms with Gasteiger partial charge in [-0.1, -0.05) is 45.9 Å². The Bertz CT molecular complexity index is 519. The van der Waals surface area contributed by atoms with Crippen molar-refractivity contribution in [2.24, 2.45) is 0 Å². The van der Waals surface area contributed by atoms with E-state index in [-0.39, 0.29) is 11.2 Å². The molecule has 0 amide bonds. The van der Waals surface area contributed by atoms with Gasteiger partial charge in [-0.25, -0.2) is 8.42 Å². The lowest BCUT2D eigenvalue weighted by Crippen LogP contribution is -2.23. The molecule has 0 saturated heterocycles. The van der Waals surface area contributed by atoms with E-state index in [4.69, 9.17) is 0 Å². The molecule has 5 heteroatoms. The number of para-hydroxylation sites is 1. The summed E-state index contributed by atoms with van der Waals surface area (Å²) in [4.78, 5) is 0. The van der Waals surface area contributed by atoms with Crippen molar-refractivity contribution >= 4 is 15.7 Å². The molecule has 1 rings (SSSR count). The lowest BCUT2D eigenvalue weighted by atomic mass is 9.86. The molecule has 0 spiro atoms. The third-order valence-corrected chi connectivity index (χ3v) is 4.37. The van der Waals surface area contributed by atoms with Gasteiger partial charge in [-0.3, -0.25) is 4.72 Å². The van der Waals surface area contributed by atoms with E-state index in [9.17, 15) is 8.42 Å². The van der Waals surface area contributed by atoms with Crippen LogP contribution >= 0.6 is 0 Å². The first-order valence-electron chi connectivity index (χ1n) is 7.07. The number of benzene rings is 1. The monoisotopic (exact) mass is 298 g/mol. The van der Waals surface area contributed by atoms with Gasteiger partial charge in [0, 0.05) is 0 Å². The molecule has 1 aromatic rings. The fourth-order valence-corrected chi connectivity index (χ4v) is 3.15. The summed E-state index contributed by atoms with van der Waals surface area (Å²) < 4.78 is 26.9. The summed E-state index contributed by atoms with van der Waals surface area (Å²) in [5, 5.41) is 3.13. The summed E-state index contributed by atoms with van der Waals surface area (Å²) in [6, 6.07) is 7.58. The summed E-state index contributed by atoms with van der Waals surface area (Å²) >= 11 is 0. The maximum absolute atomic E-state index is 12.1. The molecule has 0 fully saturated rings. The highest BCUT2D eigenvalue weighted by atomic mass is 32.2. The largest absolute Gasteiger partial charge is 0.317 e. The quantitative estimate of drug-likeness (QED) is 0.761. The van der Waals surface area contributed by atoms with Crippen LogP contribution in [0.2, 0.25) is 0 Å². The molecule has 114 valence electrons. The lowest BCUT2D eigenvalue weighted by molar-refractivity contribution is 0.588. The smallest absolute Gasteiger partial charge is 0.232 e. The number of hydrogen-bond acceptors (Lipinski definition) is 3. The number of rotatable bonds is 7. The van der Waals surface area contributed by atoms with Crippen molar-refractivity contribution in [2.75, 3.05) is 23.6 Å². The molecule has 0 atom stereocenters. The maximum atomic E-state index is 12.1. The highest BCUT2D eigenvalue weighted by Crippen LogP contribution is 2.29. The molecule has 20 heavy (non-hydrogen) atoms. The van der Waals surface area contributed by atoms with Gasteiger partial charge in [-0.05, 0) is 36.6 Å². The summed E-state index contributed by atoms with van der Waals surface area (Å²) in [5.41, 5.74) is 1.60. The Balaban J connectivity index is 2.78. The number of hydrogen-bond donors (Lipinski definition) is 2. The van der Waals surface area contributed by atoms with E-state index in [0.29, 0.717) is 12.1 Å². The molecule has 0 radical (unpaired) electrons. The zero-order valence-electron chi connectivity index (χ0n) is 12.9. The van der Waals surface area contributed by atoms with E-state index in [0.717, 1.165) is 18.7 Å². The van der Waals surface area contributed by atoms with Crippen molar-refractivity contribution in [3.05, 3.63) is 29.8 Å². The van der Waals surface area contributed by atoms with E-state index in [1.165, 1.54) is 0 Å². The molecular formula is C15H26N2O2S. The van der Waals surface area contributed by atoms with Gasteiger partial charge in [0.25, 0.3) is 0 Å². The molecule has 0 unspecified atom stereocenters. The molecule has 0 bridgehead atoms. The summed E-state index contributed by atoms with van der Waals surface area (Å²) in [6.45, 7) is 9.81. The maximum Gasteiger partial charge on any atom is 0.232 e. The predicted molar refractivity (Wildman–Crippen MR) is 85.7 cm³/mol. The van der Waals surface area contributed by atoms with Crippen LogP contribution in [0.15, 0.2) is 24.3 Å². The Labute approximate surface area is 123 Å². The van der Waals surface area contributed by atoms with Crippen LogP contribution in [0.3, 0.4) is 0 Å². The van der Waals surface area contributed by atoms with Gasteiger partial charge in [-0.15, -0.1) is 0 Å². The van der Waals surface area contributed by atoms with E-state index < -0.39 is 10.0 Å². The first-order chi connectivity index (χ1) is 9.26. The van der Waals surface area contributed by atoms with E-state index in [1.54, 1.807) is 0 Å². The van der Waals surface area contributed by atoms with E-state index in [1.807, 2.05) is 31.2 Å². The molecule has 0 heterocycles. The highest BCUT2D eigenvalue weighted by Gasteiger charge is 2.20. The Kier molecular flexibility index (Phi) is 6.02. The second-order valence-electron chi connectivity index (χ2n) is 5.92. The number of sulfonamides is 1. The molecule has 1 aromatic carbocycles. The van der Waals surface area contributed by atoms with Crippen LogP contribution in [0.4, 0.5) is 5.69 Å². The van der Waals surface area contributed by atoms with E-state index in [2.05, 4.69) is 30.8 Å². The molecule has 0 aliphatic heterocycles. The fraction of sp³-hybridized carbons (Fsp3) is 0.600. The molecule has 0 aliphatic rings. The topological polar surface area (TPSA) is 58.2 Å². The molecule has 4 nitrogen and oxygen atoms in total. The third-order valence-electron chi connectivity index (χ3n) is 3.02. The van der Waals surface area contributed by atoms with Gasteiger partial charge in [0.15, 0.2) is 0 Å². The molecule has 2 N–H and O–H groups in total. The predicted octanol–water partition coefficient (Wildman–Crippen LogP) is 2.73. The Morgan fingerprint density at radius 1 is 1.15 bits per heavy atom. The normalized spacial score (nSPS) is 12.4. The Hall–Kier alpha value is -1.07. The van der Waals surface area contributed by atoms with Gasteiger partial charge >= 0.3 is 0 Å². The number of nitrogens with one attached hydrogen (secondary N) is 2. The van der Waals surface area contributed by atoms with Crippen molar-refractivity contribution in [1.29, 1.82) is 0 Å². The average Bonchev–Trinajstić information content (AvgIpc) is 2.33.